The fraction of sp³-hybridized carbons (Fsp3) is 0.250. The van der Waals surface area contributed by atoms with Crippen LogP contribution in [0.15, 0.2) is 24.3 Å². The minimum atomic E-state index is -4.66. The van der Waals surface area contributed by atoms with Gasteiger partial charge in [-0.05, 0) is 24.3 Å². The number of alkyl halides is 3. The van der Waals surface area contributed by atoms with Crippen molar-refractivity contribution in [3.63, 3.8) is 0 Å². The molecule has 0 saturated carbocycles. The lowest BCUT2D eigenvalue weighted by molar-refractivity contribution is -0.139. The fourth-order valence-corrected chi connectivity index (χ4v) is 2.45. The first-order valence-corrected chi connectivity index (χ1v) is 7.41. The lowest BCUT2D eigenvalue weighted by atomic mass is 10.1. The van der Waals surface area contributed by atoms with E-state index < -0.39 is 18.3 Å². The lowest BCUT2D eigenvalue weighted by Crippen LogP contribution is -2.11. The smallest absolute Gasteiger partial charge is 0.419 e. The van der Waals surface area contributed by atoms with Gasteiger partial charge < -0.3 is 9.84 Å². The minimum Gasteiger partial charge on any atom is -0.491 e. The number of pyridine rings is 1. The van der Waals surface area contributed by atoms with E-state index in [1.165, 1.54) is 16.8 Å². The van der Waals surface area contributed by atoms with E-state index in [0.717, 1.165) is 12.1 Å². The van der Waals surface area contributed by atoms with Crippen LogP contribution in [0.1, 0.15) is 11.3 Å². The Morgan fingerprint density at radius 3 is 2.73 bits per heavy atom. The molecule has 0 amide bonds. The molecule has 0 spiro atoms. The lowest BCUT2D eigenvalue weighted by Gasteiger charge is -2.15. The largest absolute Gasteiger partial charge is 0.491 e. The van der Waals surface area contributed by atoms with Crippen LogP contribution in [0.4, 0.5) is 13.2 Å². The Bertz CT molecular complexity index is 1010. The van der Waals surface area contributed by atoms with Crippen molar-refractivity contribution in [2.24, 2.45) is 7.05 Å². The van der Waals surface area contributed by atoms with E-state index in [1.54, 1.807) is 7.05 Å². The Hall–Kier alpha value is -3.19. The number of aromatic nitrogens is 4. The van der Waals surface area contributed by atoms with Gasteiger partial charge in [0.1, 0.15) is 23.9 Å². The molecule has 0 saturated heterocycles. The summed E-state index contributed by atoms with van der Waals surface area (Å²) in [6.07, 6.45) is -4.66. The van der Waals surface area contributed by atoms with E-state index in [-0.39, 0.29) is 34.8 Å². The number of ether oxygens (including phenoxy) is 1. The van der Waals surface area contributed by atoms with Crippen molar-refractivity contribution in [1.29, 1.82) is 5.26 Å². The number of nitrogens with zero attached hydrogens (tertiary/aromatic N) is 5. The third-order valence-electron chi connectivity index (χ3n) is 3.64. The maximum absolute atomic E-state index is 13.3. The van der Waals surface area contributed by atoms with Gasteiger partial charge >= 0.3 is 6.18 Å². The van der Waals surface area contributed by atoms with E-state index in [1.807, 2.05) is 6.07 Å². The summed E-state index contributed by atoms with van der Waals surface area (Å²) in [7, 11) is 1.60. The molecule has 2 heterocycles. The van der Waals surface area contributed by atoms with Gasteiger partial charge in [0.25, 0.3) is 0 Å². The van der Waals surface area contributed by atoms with Crippen molar-refractivity contribution >= 4 is 11.0 Å². The molecule has 0 fully saturated rings. The van der Waals surface area contributed by atoms with Gasteiger partial charge in [-0.2, -0.15) is 18.4 Å². The van der Waals surface area contributed by atoms with Crippen LogP contribution >= 0.6 is 0 Å². The first-order chi connectivity index (χ1) is 12.3. The normalized spacial score (nSPS) is 11.5. The van der Waals surface area contributed by atoms with Crippen LogP contribution in [0.25, 0.3) is 22.3 Å². The molecular weight excluding hydrogens is 351 g/mol. The number of nitriles is 1. The van der Waals surface area contributed by atoms with E-state index in [0.29, 0.717) is 5.52 Å². The molecule has 2 aromatic heterocycles. The zero-order valence-electron chi connectivity index (χ0n) is 13.4. The number of aryl methyl sites for hydroxylation is 1. The molecule has 0 atom stereocenters. The predicted octanol–water partition coefficient (Wildman–Crippen LogP) is 2.29. The molecule has 7 nitrogen and oxygen atoms in total. The van der Waals surface area contributed by atoms with Crippen LogP contribution in [-0.4, -0.2) is 38.3 Å². The number of hydrogen-bond acceptors (Lipinski definition) is 6. The van der Waals surface area contributed by atoms with Crippen molar-refractivity contribution < 1.29 is 23.0 Å². The Morgan fingerprint density at radius 1 is 1.31 bits per heavy atom. The second-order valence-corrected chi connectivity index (χ2v) is 5.33. The number of rotatable bonds is 4. The van der Waals surface area contributed by atoms with Gasteiger partial charge in [-0.3, -0.25) is 0 Å². The number of halogens is 3. The highest BCUT2D eigenvalue weighted by molar-refractivity contribution is 5.83. The molecule has 0 bridgehead atoms. The molecule has 0 aliphatic carbocycles. The van der Waals surface area contributed by atoms with E-state index in [9.17, 15) is 18.4 Å². The molecule has 0 unspecified atom stereocenters. The highest BCUT2D eigenvalue weighted by Gasteiger charge is 2.35. The summed E-state index contributed by atoms with van der Waals surface area (Å²) in [5.41, 5.74) is 0.0668. The number of aliphatic hydroxyl groups is 1. The van der Waals surface area contributed by atoms with Crippen LogP contribution < -0.4 is 4.74 Å². The molecule has 1 N–H and O–H groups in total. The minimum absolute atomic E-state index is 0.0280. The van der Waals surface area contributed by atoms with Crippen molar-refractivity contribution in [3.05, 3.63) is 35.5 Å². The second-order valence-electron chi connectivity index (χ2n) is 5.33. The molecule has 0 aliphatic rings. The molecular formula is C16H12F3N5O2. The standard InChI is InChI=1S/C16H12F3N5O2/c1-24-13-7-11(21-12(8-20)15(13)22-23-24)9-2-3-14(26-5-4-25)10(6-9)16(17,18)19/h2-3,6-7,25H,4-5H2,1H3. The van der Waals surface area contributed by atoms with Crippen molar-refractivity contribution in [2.45, 2.75) is 6.18 Å². The Kier molecular flexibility index (Phi) is 4.48. The summed E-state index contributed by atoms with van der Waals surface area (Å²) in [4.78, 5) is 4.09. The summed E-state index contributed by atoms with van der Waals surface area (Å²) >= 11 is 0. The van der Waals surface area contributed by atoms with E-state index in [4.69, 9.17) is 9.84 Å². The third-order valence-corrected chi connectivity index (χ3v) is 3.64. The zero-order valence-corrected chi connectivity index (χ0v) is 13.4. The average Bonchev–Trinajstić information content (AvgIpc) is 2.99. The van der Waals surface area contributed by atoms with Crippen LogP contribution in [0.5, 0.6) is 5.75 Å². The first kappa shape index (κ1) is 17.6. The number of hydrogen-bond donors (Lipinski definition) is 1. The number of benzene rings is 1. The third kappa shape index (κ3) is 3.16. The van der Waals surface area contributed by atoms with Gasteiger partial charge in [-0.15, -0.1) is 5.10 Å². The quantitative estimate of drug-likeness (QED) is 0.764. The molecule has 3 aromatic rings. The molecule has 3 rings (SSSR count). The topological polar surface area (TPSA) is 96.9 Å². The maximum atomic E-state index is 13.3. The van der Waals surface area contributed by atoms with Crippen molar-refractivity contribution in [2.75, 3.05) is 13.2 Å². The van der Waals surface area contributed by atoms with Crippen LogP contribution in [0.2, 0.25) is 0 Å². The number of aliphatic hydroxyl groups excluding tert-OH is 1. The summed E-state index contributed by atoms with van der Waals surface area (Å²) in [5.74, 6) is -0.390. The SMILES string of the molecule is Cn1nnc2c(C#N)nc(-c3ccc(OCCO)c(C(F)(F)F)c3)cc21. The molecule has 0 aliphatic heterocycles. The molecule has 0 radical (unpaired) electrons. The average molecular weight is 363 g/mol. The molecule has 10 heteroatoms. The Balaban J connectivity index is 2.16. The highest BCUT2D eigenvalue weighted by atomic mass is 19.4. The van der Waals surface area contributed by atoms with E-state index >= 15 is 0 Å². The molecule has 134 valence electrons. The van der Waals surface area contributed by atoms with Gasteiger partial charge in [0.05, 0.1) is 23.4 Å². The van der Waals surface area contributed by atoms with Crippen molar-refractivity contribution in [3.8, 4) is 23.1 Å². The monoisotopic (exact) mass is 363 g/mol. The number of fused-ring (bicyclic) bond motifs is 1. The first-order valence-electron chi connectivity index (χ1n) is 7.41. The zero-order chi connectivity index (χ0) is 18.9. The van der Waals surface area contributed by atoms with Crippen LogP contribution in [0.3, 0.4) is 0 Å². The molecule has 26 heavy (non-hydrogen) atoms. The van der Waals surface area contributed by atoms with Gasteiger partial charge in [0.15, 0.2) is 5.69 Å². The Labute approximate surface area is 145 Å². The Morgan fingerprint density at radius 2 is 2.08 bits per heavy atom. The summed E-state index contributed by atoms with van der Waals surface area (Å²) < 4.78 is 46.4. The maximum Gasteiger partial charge on any atom is 0.419 e. The summed E-state index contributed by atoms with van der Waals surface area (Å²) in [5, 5.41) is 25.6. The van der Waals surface area contributed by atoms with Gasteiger partial charge in [-0.25, -0.2) is 9.67 Å². The van der Waals surface area contributed by atoms with Gasteiger partial charge in [0, 0.05) is 12.6 Å². The predicted molar refractivity (Wildman–Crippen MR) is 84.0 cm³/mol. The van der Waals surface area contributed by atoms with Crippen LogP contribution in [0, 0.1) is 11.3 Å². The second kappa shape index (κ2) is 6.61. The fourth-order valence-electron chi connectivity index (χ4n) is 2.45. The van der Waals surface area contributed by atoms with Crippen molar-refractivity contribution in [1.82, 2.24) is 20.0 Å². The van der Waals surface area contributed by atoms with Gasteiger partial charge in [0.2, 0.25) is 0 Å². The van der Waals surface area contributed by atoms with Gasteiger partial charge in [-0.1, -0.05) is 5.21 Å². The van der Waals surface area contributed by atoms with E-state index in [2.05, 4.69) is 15.3 Å². The summed E-state index contributed by atoms with van der Waals surface area (Å²) in [6, 6.07) is 6.85. The highest BCUT2D eigenvalue weighted by Crippen LogP contribution is 2.39. The summed E-state index contributed by atoms with van der Waals surface area (Å²) in [6.45, 7) is -0.664. The van der Waals surface area contributed by atoms with Crippen LogP contribution in [-0.2, 0) is 13.2 Å². The molecule has 1 aromatic carbocycles.